The van der Waals surface area contributed by atoms with Crippen molar-refractivity contribution in [3.8, 4) is 11.5 Å². The first-order chi connectivity index (χ1) is 10.6. The van der Waals surface area contributed by atoms with Crippen LogP contribution in [0.3, 0.4) is 0 Å². The first-order valence-corrected chi connectivity index (χ1v) is 8.43. The molecule has 0 heterocycles. The van der Waals surface area contributed by atoms with Crippen LogP contribution in [0.2, 0.25) is 0 Å². The molecule has 4 nitrogen and oxygen atoms in total. The minimum atomic E-state index is 0.183. The molecule has 4 heteroatoms. The van der Waals surface area contributed by atoms with E-state index in [1.54, 1.807) is 7.11 Å². The molecule has 0 radical (unpaired) electrons. The molecular formula is C18H29N2O2-. The highest BCUT2D eigenvalue weighted by Gasteiger charge is 2.14. The van der Waals surface area contributed by atoms with Crippen molar-refractivity contribution < 1.29 is 9.47 Å². The lowest BCUT2D eigenvalue weighted by Gasteiger charge is -2.43. The minimum absolute atomic E-state index is 0.183. The van der Waals surface area contributed by atoms with E-state index in [9.17, 15) is 0 Å². The molecule has 1 aliphatic carbocycles. The summed E-state index contributed by atoms with van der Waals surface area (Å²) >= 11 is 0. The van der Waals surface area contributed by atoms with Gasteiger partial charge in [0.15, 0.2) is 0 Å². The van der Waals surface area contributed by atoms with Gasteiger partial charge in [0, 0.05) is 0 Å². The van der Waals surface area contributed by atoms with Crippen LogP contribution in [0.1, 0.15) is 52.4 Å². The first-order valence-electron chi connectivity index (χ1n) is 8.43. The Morgan fingerprint density at radius 2 is 2.00 bits per heavy atom. The maximum atomic E-state index is 6.01. The van der Waals surface area contributed by atoms with Crippen molar-refractivity contribution in [2.24, 2.45) is 0 Å². The van der Waals surface area contributed by atoms with E-state index in [1.807, 2.05) is 18.2 Å². The summed E-state index contributed by atoms with van der Waals surface area (Å²) in [7, 11) is 3.75. The van der Waals surface area contributed by atoms with Gasteiger partial charge in [-0.15, -0.1) is 0 Å². The van der Waals surface area contributed by atoms with Gasteiger partial charge in [0.05, 0.1) is 13.2 Å². The van der Waals surface area contributed by atoms with Gasteiger partial charge in [-0.25, -0.2) is 0 Å². The molecule has 1 aromatic rings. The van der Waals surface area contributed by atoms with E-state index in [0.717, 1.165) is 23.6 Å². The van der Waals surface area contributed by atoms with Gasteiger partial charge in [-0.05, 0) is 57.5 Å². The van der Waals surface area contributed by atoms with E-state index in [0.29, 0.717) is 6.04 Å². The monoisotopic (exact) mass is 305 g/mol. The molecule has 1 aromatic carbocycles. The lowest BCUT2D eigenvalue weighted by molar-refractivity contribution is 0.214. The molecular weight excluding hydrogens is 276 g/mol. The van der Waals surface area contributed by atoms with Crippen molar-refractivity contribution in [3.05, 3.63) is 23.6 Å². The number of benzene rings is 1. The van der Waals surface area contributed by atoms with Crippen LogP contribution in [0.25, 0.3) is 5.43 Å². The topological polar surface area (TPSA) is 35.8 Å². The fourth-order valence-corrected chi connectivity index (χ4v) is 2.81. The van der Waals surface area contributed by atoms with Gasteiger partial charge in [0.25, 0.3) is 0 Å². The second-order valence-electron chi connectivity index (χ2n) is 6.14. The van der Waals surface area contributed by atoms with Gasteiger partial charge < -0.3 is 19.9 Å². The zero-order valence-electron chi connectivity index (χ0n) is 14.3. The third kappa shape index (κ3) is 4.54. The fourth-order valence-electron chi connectivity index (χ4n) is 2.81. The summed E-state index contributed by atoms with van der Waals surface area (Å²) in [6.45, 7) is 4.21. The maximum absolute atomic E-state index is 6.01. The summed E-state index contributed by atoms with van der Waals surface area (Å²) in [6, 6.07) is 6.38. The maximum Gasteiger partial charge on any atom is 0.117 e. The van der Waals surface area contributed by atoms with Crippen LogP contribution in [0.4, 0.5) is 5.69 Å². The smallest absolute Gasteiger partial charge is 0.117 e. The number of ether oxygens (including phenoxy) is 2. The van der Waals surface area contributed by atoms with E-state index in [2.05, 4.69) is 25.9 Å². The first kappa shape index (κ1) is 16.9. The predicted octanol–water partition coefficient (Wildman–Crippen LogP) is 5.06. The van der Waals surface area contributed by atoms with E-state index in [-0.39, 0.29) is 6.10 Å². The van der Waals surface area contributed by atoms with Crippen LogP contribution in [-0.2, 0) is 0 Å². The lowest BCUT2D eigenvalue weighted by Crippen LogP contribution is -2.29. The molecule has 1 fully saturated rings. The average molecular weight is 305 g/mol. The number of nitrogens with zero attached hydrogens (tertiary/aromatic N) is 2. The Balaban J connectivity index is 2.11. The van der Waals surface area contributed by atoms with E-state index in [1.165, 1.54) is 32.1 Å². The number of hydrogen-bond donors (Lipinski definition) is 0. The van der Waals surface area contributed by atoms with Crippen LogP contribution >= 0.6 is 0 Å². The quantitative estimate of drug-likeness (QED) is 0.661. The van der Waals surface area contributed by atoms with Crippen molar-refractivity contribution >= 4 is 5.69 Å². The molecule has 0 aromatic heterocycles. The molecule has 0 bridgehead atoms. The molecule has 22 heavy (non-hydrogen) atoms. The largest absolute Gasteiger partial charge is 0.617 e. The number of hydrogen-bond acceptors (Lipinski definition) is 3. The van der Waals surface area contributed by atoms with E-state index < -0.39 is 0 Å². The molecule has 1 aliphatic rings. The van der Waals surface area contributed by atoms with Gasteiger partial charge in [-0.3, -0.25) is 0 Å². The number of rotatable bonds is 7. The van der Waals surface area contributed by atoms with Crippen LogP contribution in [-0.4, -0.2) is 31.3 Å². The van der Waals surface area contributed by atoms with E-state index >= 15 is 0 Å². The third-order valence-corrected chi connectivity index (χ3v) is 4.44. The molecule has 1 saturated carbocycles. The molecule has 0 amide bonds. The molecule has 0 spiro atoms. The minimum Gasteiger partial charge on any atom is -0.617 e. The van der Waals surface area contributed by atoms with Gasteiger partial charge >= 0.3 is 0 Å². The van der Waals surface area contributed by atoms with Crippen LogP contribution in [0, 0.1) is 0 Å². The molecule has 1 unspecified atom stereocenters. The highest BCUT2D eigenvalue weighted by Crippen LogP contribution is 2.38. The summed E-state index contributed by atoms with van der Waals surface area (Å²) in [5.74, 6) is 1.64. The number of methoxy groups -OCH3 is 1. The Bertz CT molecular complexity index is 458. The van der Waals surface area contributed by atoms with Gasteiger partial charge in [-0.1, -0.05) is 31.9 Å². The summed E-state index contributed by atoms with van der Waals surface area (Å²) in [4.78, 5) is 0. The summed E-state index contributed by atoms with van der Waals surface area (Å²) in [6.07, 6.45) is 7.58. The molecule has 124 valence electrons. The second-order valence-corrected chi connectivity index (χ2v) is 6.14. The van der Waals surface area contributed by atoms with Crippen LogP contribution in [0.5, 0.6) is 11.5 Å². The third-order valence-electron chi connectivity index (χ3n) is 4.44. The Morgan fingerprint density at radius 1 is 1.27 bits per heavy atom. The van der Waals surface area contributed by atoms with Crippen molar-refractivity contribution in [2.75, 3.05) is 14.2 Å². The summed E-state index contributed by atoms with van der Waals surface area (Å²) in [5, 5.41) is 2.11. The normalized spacial score (nSPS) is 17.3. The Hall–Kier alpha value is -1.42. The predicted molar refractivity (Wildman–Crippen MR) is 91.0 cm³/mol. The van der Waals surface area contributed by atoms with Crippen molar-refractivity contribution in [1.82, 2.24) is 5.01 Å². The summed E-state index contributed by atoms with van der Waals surface area (Å²) < 4.78 is 11.3. The van der Waals surface area contributed by atoms with Crippen LogP contribution < -0.4 is 9.47 Å². The van der Waals surface area contributed by atoms with Crippen molar-refractivity contribution in [2.45, 2.75) is 64.5 Å². The van der Waals surface area contributed by atoms with Gasteiger partial charge in [0.2, 0.25) is 0 Å². The Morgan fingerprint density at radius 3 is 2.64 bits per heavy atom. The average Bonchev–Trinajstić information content (AvgIpc) is 2.56. The fraction of sp³-hybridized carbons (Fsp3) is 0.667. The molecule has 0 saturated heterocycles. The molecule has 1 atom stereocenters. The second kappa shape index (κ2) is 8.28. The lowest BCUT2D eigenvalue weighted by atomic mass is 9.95. The SMILES string of the molecule is CCC(C)Oc1ccc(OC)cc1[N-]N(C)C1CCCCC1. The zero-order chi connectivity index (χ0) is 15.9. The van der Waals surface area contributed by atoms with E-state index in [4.69, 9.17) is 14.9 Å². The molecule has 0 aliphatic heterocycles. The summed E-state index contributed by atoms with van der Waals surface area (Å²) in [5.41, 5.74) is 5.66. The highest BCUT2D eigenvalue weighted by atomic mass is 16.5. The Kier molecular flexibility index (Phi) is 6.37. The van der Waals surface area contributed by atoms with Crippen molar-refractivity contribution in [3.63, 3.8) is 0 Å². The van der Waals surface area contributed by atoms with Crippen molar-refractivity contribution in [1.29, 1.82) is 0 Å². The van der Waals surface area contributed by atoms with Gasteiger partial charge in [-0.2, -0.15) is 0 Å². The molecule has 2 rings (SSSR count). The Labute approximate surface area is 134 Å². The standard InChI is InChI=1S/C18H29N2O2/c1-5-14(2)22-18-12-11-16(21-4)13-17(18)19-20(3)15-9-7-6-8-10-15/h11-15H,5-10H2,1-4H3/q-1. The van der Waals surface area contributed by atoms with Crippen LogP contribution in [0.15, 0.2) is 18.2 Å². The molecule has 0 N–H and O–H groups in total. The zero-order valence-corrected chi connectivity index (χ0v) is 14.3. The van der Waals surface area contributed by atoms with Gasteiger partial charge in [0.1, 0.15) is 11.5 Å². The highest BCUT2D eigenvalue weighted by molar-refractivity contribution is 5.62.